The number of hydrogen-bond donors (Lipinski definition) is 2. The fourth-order valence-electron chi connectivity index (χ4n) is 3.06. The second kappa shape index (κ2) is 10.8. The summed E-state index contributed by atoms with van der Waals surface area (Å²) in [6.45, 7) is 5.94. The molecule has 2 N–H and O–H groups in total. The Morgan fingerprint density at radius 1 is 1.36 bits per heavy atom. The van der Waals surface area contributed by atoms with Gasteiger partial charge in [0.15, 0.2) is 5.96 Å². The van der Waals surface area contributed by atoms with Gasteiger partial charge in [0, 0.05) is 38.9 Å². The zero-order valence-corrected chi connectivity index (χ0v) is 17.2. The maximum Gasteiger partial charge on any atom is 0.191 e. The molecule has 0 saturated carbocycles. The van der Waals surface area contributed by atoms with E-state index in [2.05, 4.69) is 39.7 Å². The highest BCUT2D eigenvalue weighted by atomic mass is 127. The summed E-state index contributed by atoms with van der Waals surface area (Å²) in [5.74, 6) is 1.82. The van der Waals surface area contributed by atoms with E-state index in [0.717, 1.165) is 63.9 Å². The van der Waals surface area contributed by atoms with Gasteiger partial charge < -0.3 is 20.1 Å². The fourth-order valence-corrected chi connectivity index (χ4v) is 3.06. The smallest absolute Gasteiger partial charge is 0.191 e. The van der Waals surface area contributed by atoms with Crippen molar-refractivity contribution >= 4 is 29.9 Å². The lowest BCUT2D eigenvalue weighted by atomic mass is 10.1. The minimum Gasteiger partial charge on any atom is -0.492 e. The quantitative estimate of drug-likeness (QED) is 0.609. The van der Waals surface area contributed by atoms with Gasteiger partial charge >= 0.3 is 0 Å². The second-order valence-electron chi connectivity index (χ2n) is 6.33. The normalized spacial score (nSPS) is 17.6. The van der Waals surface area contributed by atoms with Gasteiger partial charge in [-0.25, -0.2) is 0 Å². The number of nitrogens with zero attached hydrogens (tertiary/aromatic N) is 2. The van der Waals surface area contributed by atoms with Gasteiger partial charge in [-0.15, -0.1) is 24.0 Å². The number of benzene rings is 1. The topological polar surface area (TPSA) is 58.1 Å². The van der Waals surface area contributed by atoms with Gasteiger partial charge in [-0.3, -0.25) is 9.89 Å². The summed E-state index contributed by atoms with van der Waals surface area (Å²) in [4.78, 5) is 6.72. The van der Waals surface area contributed by atoms with Crippen molar-refractivity contribution in [1.29, 1.82) is 0 Å². The highest BCUT2D eigenvalue weighted by Gasteiger charge is 2.17. The van der Waals surface area contributed by atoms with Gasteiger partial charge in [-0.05, 0) is 37.6 Å². The predicted molar refractivity (Wildman–Crippen MR) is 111 cm³/mol. The average molecular weight is 460 g/mol. The van der Waals surface area contributed by atoms with Crippen LogP contribution in [0.2, 0.25) is 0 Å². The highest BCUT2D eigenvalue weighted by Crippen LogP contribution is 2.15. The van der Waals surface area contributed by atoms with Crippen LogP contribution in [0.15, 0.2) is 29.3 Å². The van der Waals surface area contributed by atoms with Crippen molar-refractivity contribution in [2.75, 3.05) is 46.5 Å². The van der Waals surface area contributed by atoms with Gasteiger partial charge in [0.1, 0.15) is 12.4 Å². The first kappa shape index (κ1) is 20.3. The summed E-state index contributed by atoms with van der Waals surface area (Å²) >= 11 is 0. The molecular formula is C18H29IN4O2. The maximum absolute atomic E-state index is 5.93. The van der Waals surface area contributed by atoms with Crippen molar-refractivity contribution in [3.05, 3.63) is 29.8 Å². The van der Waals surface area contributed by atoms with Crippen LogP contribution in [0.25, 0.3) is 0 Å². The molecule has 25 heavy (non-hydrogen) atoms. The third-order valence-electron chi connectivity index (χ3n) is 4.56. The number of guanidine groups is 1. The molecule has 2 aliphatic heterocycles. The number of halogens is 1. The van der Waals surface area contributed by atoms with Gasteiger partial charge in [0.05, 0.1) is 6.54 Å². The highest BCUT2D eigenvalue weighted by molar-refractivity contribution is 14.0. The molecule has 0 unspecified atom stereocenters. The maximum atomic E-state index is 5.93. The molecule has 0 aromatic heterocycles. The summed E-state index contributed by atoms with van der Waals surface area (Å²) in [5, 5.41) is 6.52. The summed E-state index contributed by atoms with van der Waals surface area (Å²) in [7, 11) is 2.18. The van der Waals surface area contributed by atoms with E-state index >= 15 is 0 Å². The van der Waals surface area contributed by atoms with E-state index in [1.807, 2.05) is 12.1 Å². The molecule has 0 amide bonds. The van der Waals surface area contributed by atoms with Crippen molar-refractivity contribution in [1.82, 2.24) is 15.5 Å². The Morgan fingerprint density at radius 3 is 2.96 bits per heavy atom. The van der Waals surface area contributed by atoms with Gasteiger partial charge in [0.2, 0.25) is 0 Å². The van der Waals surface area contributed by atoms with E-state index in [1.54, 1.807) is 0 Å². The van der Waals surface area contributed by atoms with Crippen LogP contribution in [-0.2, 0) is 11.3 Å². The van der Waals surface area contributed by atoms with Gasteiger partial charge in [-0.1, -0.05) is 12.1 Å². The molecule has 1 fully saturated rings. The first-order valence-corrected chi connectivity index (χ1v) is 8.83. The molecule has 2 heterocycles. The Labute approximate surface area is 167 Å². The summed E-state index contributed by atoms with van der Waals surface area (Å²) in [6.07, 6.45) is 2.24. The summed E-state index contributed by atoms with van der Waals surface area (Å²) < 4.78 is 11.4. The molecule has 6 nitrogen and oxygen atoms in total. The lowest BCUT2D eigenvalue weighted by Gasteiger charge is -2.31. The number of rotatable bonds is 7. The molecule has 140 valence electrons. The Balaban J connectivity index is 0.00000225. The van der Waals surface area contributed by atoms with Crippen LogP contribution < -0.4 is 15.4 Å². The second-order valence-corrected chi connectivity index (χ2v) is 6.33. The van der Waals surface area contributed by atoms with E-state index in [0.29, 0.717) is 12.6 Å². The molecule has 0 aliphatic carbocycles. The molecule has 2 aliphatic rings. The zero-order valence-electron chi connectivity index (χ0n) is 14.9. The molecule has 0 radical (unpaired) electrons. The average Bonchev–Trinajstić information content (AvgIpc) is 3.15. The summed E-state index contributed by atoms with van der Waals surface area (Å²) in [6, 6.07) is 8.87. The third kappa shape index (κ3) is 6.63. The minimum atomic E-state index is 0. The van der Waals surface area contributed by atoms with E-state index < -0.39 is 0 Å². The monoisotopic (exact) mass is 460 g/mol. The van der Waals surface area contributed by atoms with Crippen LogP contribution in [0, 0.1) is 0 Å². The van der Waals surface area contributed by atoms with Crippen LogP contribution in [-0.4, -0.2) is 63.4 Å². The molecule has 0 bridgehead atoms. The first-order chi connectivity index (χ1) is 11.8. The van der Waals surface area contributed by atoms with Crippen molar-refractivity contribution in [2.45, 2.75) is 25.4 Å². The predicted octanol–water partition coefficient (Wildman–Crippen LogP) is 1.84. The van der Waals surface area contributed by atoms with E-state index in [-0.39, 0.29) is 24.0 Å². The van der Waals surface area contributed by atoms with Crippen LogP contribution in [0.1, 0.15) is 18.4 Å². The van der Waals surface area contributed by atoms with Crippen molar-refractivity contribution in [3.8, 4) is 5.75 Å². The molecular weight excluding hydrogens is 431 g/mol. The SMILES string of the molecule is CN(CCOc1cccc(CNC2=NCCN2)c1)C1CCOCC1.I. The molecule has 1 aromatic rings. The van der Waals surface area contributed by atoms with Gasteiger partial charge in [-0.2, -0.15) is 0 Å². The van der Waals surface area contributed by atoms with Crippen LogP contribution in [0.3, 0.4) is 0 Å². The van der Waals surface area contributed by atoms with Crippen molar-refractivity contribution < 1.29 is 9.47 Å². The number of ether oxygens (including phenoxy) is 2. The Morgan fingerprint density at radius 2 is 2.20 bits per heavy atom. The number of likely N-dealkylation sites (N-methyl/N-ethyl adjacent to an activating group) is 1. The van der Waals surface area contributed by atoms with E-state index in [9.17, 15) is 0 Å². The zero-order chi connectivity index (χ0) is 16.6. The summed E-state index contributed by atoms with van der Waals surface area (Å²) in [5.41, 5.74) is 1.20. The van der Waals surface area contributed by atoms with Crippen molar-refractivity contribution in [2.24, 2.45) is 4.99 Å². The first-order valence-electron chi connectivity index (χ1n) is 8.83. The Kier molecular flexibility index (Phi) is 8.77. The minimum absolute atomic E-state index is 0. The van der Waals surface area contributed by atoms with Crippen molar-refractivity contribution in [3.63, 3.8) is 0 Å². The Bertz CT molecular complexity index is 550. The van der Waals surface area contributed by atoms with E-state index in [1.165, 1.54) is 5.56 Å². The van der Waals surface area contributed by atoms with Crippen LogP contribution in [0.5, 0.6) is 5.75 Å². The molecule has 0 spiro atoms. The molecule has 3 rings (SSSR count). The van der Waals surface area contributed by atoms with Crippen LogP contribution in [0.4, 0.5) is 0 Å². The third-order valence-corrected chi connectivity index (χ3v) is 4.56. The lowest BCUT2D eigenvalue weighted by molar-refractivity contribution is 0.0392. The van der Waals surface area contributed by atoms with Gasteiger partial charge in [0.25, 0.3) is 0 Å². The largest absolute Gasteiger partial charge is 0.492 e. The number of nitrogens with one attached hydrogen (secondary N) is 2. The van der Waals surface area contributed by atoms with E-state index in [4.69, 9.17) is 9.47 Å². The molecule has 1 aromatic carbocycles. The fraction of sp³-hybridized carbons (Fsp3) is 0.611. The lowest BCUT2D eigenvalue weighted by Crippen LogP contribution is -2.38. The van der Waals surface area contributed by atoms with Crippen LogP contribution >= 0.6 is 24.0 Å². The molecule has 0 atom stereocenters. The molecule has 1 saturated heterocycles. The standard InChI is InChI=1S/C18H28N4O2.HI/c1-22(16-5-10-23-11-6-16)9-12-24-17-4-2-3-15(13-17)14-21-18-19-7-8-20-18;/h2-4,13,16H,5-12,14H2,1H3,(H2,19,20,21);1H. The molecule has 7 heteroatoms. The number of hydrogen-bond acceptors (Lipinski definition) is 6. The number of aliphatic imine (C=N–C) groups is 1. The Hall–Kier alpha value is -1.06.